The molecule has 178 valence electrons. The molecular formula is C26H24ClN5O3. The van der Waals surface area contributed by atoms with Crippen LogP contribution < -0.4 is 15.0 Å². The minimum absolute atomic E-state index is 0.0801. The van der Waals surface area contributed by atoms with E-state index in [-0.39, 0.29) is 41.7 Å². The Morgan fingerprint density at radius 3 is 2.37 bits per heavy atom. The molecule has 0 bridgehead atoms. The summed E-state index contributed by atoms with van der Waals surface area (Å²) in [6, 6.07) is 15.2. The average Bonchev–Trinajstić information content (AvgIpc) is 3.42. The lowest BCUT2D eigenvalue weighted by molar-refractivity contribution is -0.122. The summed E-state index contributed by atoms with van der Waals surface area (Å²) in [5.74, 6) is 0.221. The van der Waals surface area contributed by atoms with Gasteiger partial charge in [0, 0.05) is 10.6 Å². The number of ether oxygens (including phenoxy) is 1. The molecule has 0 saturated carbocycles. The first-order valence-electron chi connectivity index (χ1n) is 11.7. The Labute approximate surface area is 207 Å². The maximum atomic E-state index is 13.2. The number of nitrogens with one attached hydrogen (secondary N) is 1. The van der Waals surface area contributed by atoms with Gasteiger partial charge in [-0.2, -0.15) is 4.98 Å². The number of fused-ring (bicyclic) bond motifs is 2. The smallest absolute Gasteiger partial charge is 0.260 e. The number of aromatic nitrogens is 3. The molecule has 4 atom stereocenters. The molecule has 3 aliphatic rings. The van der Waals surface area contributed by atoms with Crippen molar-refractivity contribution >= 4 is 35.3 Å². The summed E-state index contributed by atoms with van der Waals surface area (Å²) < 4.78 is 7.41. The van der Waals surface area contributed by atoms with Gasteiger partial charge in [0.15, 0.2) is 0 Å². The molecule has 6 rings (SSSR count). The van der Waals surface area contributed by atoms with Gasteiger partial charge in [-0.05, 0) is 43.0 Å². The van der Waals surface area contributed by atoms with Gasteiger partial charge in [-0.3, -0.25) is 9.59 Å². The van der Waals surface area contributed by atoms with Gasteiger partial charge in [0.2, 0.25) is 17.8 Å². The summed E-state index contributed by atoms with van der Waals surface area (Å²) >= 11 is 6.11. The fourth-order valence-corrected chi connectivity index (χ4v) is 5.50. The molecule has 2 aromatic carbocycles. The van der Waals surface area contributed by atoms with Crippen LogP contribution in [-0.2, 0) is 9.59 Å². The number of carbonyl (C=O) groups excluding carboxylic acids is 2. The summed E-state index contributed by atoms with van der Waals surface area (Å²) in [5.41, 5.74) is 2.00. The number of allylic oxidation sites excluding steroid dienone is 2. The Kier molecular flexibility index (Phi) is 5.33. The second kappa shape index (κ2) is 8.53. The van der Waals surface area contributed by atoms with Crippen LogP contribution in [0.2, 0.25) is 5.02 Å². The number of anilines is 2. The number of nitrogens with zero attached hydrogens (tertiary/aromatic N) is 4. The Bertz CT molecular complexity index is 1310. The number of para-hydroxylation sites is 1. The van der Waals surface area contributed by atoms with Crippen LogP contribution in [0.5, 0.6) is 5.75 Å². The fourth-order valence-electron chi connectivity index (χ4n) is 5.37. The summed E-state index contributed by atoms with van der Waals surface area (Å²) in [5, 5.41) is 8.81. The van der Waals surface area contributed by atoms with E-state index in [9.17, 15) is 9.59 Å². The van der Waals surface area contributed by atoms with E-state index in [4.69, 9.17) is 21.4 Å². The molecule has 1 N–H and O–H groups in total. The zero-order valence-corrected chi connectivity index (χ0v) is 19.9. The molecule has 9 heteroatoms. The standard InChI is InChI=1S/C26H24ClN5O3/c1-35-22-9-5-4-8-19(22)21-14-20(15-10-12-16(27)13-11-15)28-25-29-26(30-32(21)25)31-23(33)17-6-2-3-7-18(17)24(31)34/h2-5,8-13,17-18,20-21H,6-7,14H2,1H3,(H,28,29,30)/t17-,18-,20-,21+/m0/s1. The zero-order valence-electron chi connectivity index (χ0n) is 19.1. The van der Waals surface area contributed by atoms with E-state index in [0.29, 0.717) is 30.2 Å². The van der Waals surface area contributed by atoms with Crippen molar-refractivity contribution < 1.29 is 14.3 Å². The van der Waals surface area contributed by atoms with Gasteiger partial charge >= 0.3 is 0 Å². The predicted molar refractivity (Wildman–Crippen MR) is 131 cm³/mol. The quantitative estimate of drug-likeness (QED) is 0.427. The number of hydrogen-bond donors (Lipinski definition) is 1. The molecule has 0 radical (unpaired) electrons. The third-order valence-electron chi connectivity index (χ3n) is 7.16. The number of halogens is 1. The molecule has 2 amide bonds. The molecule has 3 aromatic rings. The highest BCUT2D eigenvalue weighted by molar-refractivity contribution is 6.30. The molecule has 1 fully saturated rings. The maximum Gasteiger partial charge on any atom is 0.260 e. The number of carbonyl (C=O) groups is 2. The van der Waals surface area contributed by atoms with Crippen LogP contribution in [0.25, 0.3) is 0 Å². The van der Waals surface area contributed by atoms with E-state index >= 15 is 0 Å². The number of amides is 2. The Hall–Kier alpha value is -3.65. The van der Waals surface area contributed by atoms with Gasteiger partial charge in [0.25, 0.3) is 5.95 Å². The highest BCUT2D eigenvalue weighted by atomic mass is 35.5. The van der Waals surface area contributed by atoms with Crippen molar-refractivity contribution in [1.29, 1.82) is 0 Å². The van der Waals surface area contributed by atoms with E-state index < -0.39 is 0 Å². The third-order valence-corrected chi connectivity index (χ3v) is 7.41. The summed E-state index contributed by atoms with van der Waals surface area (Å²) in [4.78, 5) is 32.2. The van der Waals surface area contributed by atoms with E-state index in [1.165, 1.54) is 4.90 Å². The Morgan fingerprint density at radius 2 is 1.69 bits per heavy atom. The van der Waals surface area contributed by atoms with Gasteiger partial charge in [-0.1, -0.05) is 54.1 Å². The van der Waals surface area contributed by atoms with Gasteiger partial charge in [-0.15, -0.1) is 5.10 Å². The van der Waals surface area contributed by atoms with Gasteiger partial charge in [-0.25, -0.2) is 9.58 Å². The molecular weight excluding hydrogens is 466 g/mol. The van der Waals surface area contributed by atoms with Crippen LogP contribution in [0.3, 0.4) is 0 Å². The molecule has 2 aliphatic heterocycles. The zero-order chi connectivity index (χ0) is 24.1. The second-order valence-corrected chi connectivity index (χ2v) is 9.53. The highest BCUT2D eigenvalue weighted by Crippen LogP contribution is 2.43. The largest absolute Gasteiger partial charge is 0.496 e. The number of benzene rings is 2. The van der Waals surface area contributed by atoms with Crippen molar-refractivity contribution in [3.63, 3.8) is 0 Å². The molecule has 1 aromatic heterocycles. The molecule has 3 heterocycles. The highest BCUT2D eigenvalue weighted by Gasteiger charge is 2.50. The van der Waals surface area contributed by atoms with E-state index in [2.05, 4.69) is 10.3 Å². The average molecular weight is 490 g/mol. The molecule has 1 aliphatic carbocycles. The van der Waals surface area contributed by atoms with Crippen molar-refractivity contribution in [3.05, 3.63) is 76.8 Å². The van der Waals surface area contributed by atoms with Crippen LogP contribution in [0.15, 0.2) is 60.7 Å². The van der Waals surface area contributed by atoms with E-state index in [1.54, 1.807) is 11.8 Å². The number of methoxy groups -OCH3 is 1. The summed E-state index contributed by atoms with van der Waals surface area (Å²) in [6.07, 6.45) is 5.74. The van der Waals surface area contributed by atoms with Crippen molar-refractivity contribution in [2.75, 3.05) is 17.3 Å². The Morgan fingerprint density at radius 1 is 1.00 bits per heavy atom. The van der Waals surface area contributed by atoms with Crippen molar-refractivity contribution in [3.8, 4) is 5.75 Å². The van der Waals surface area contributed by atoms with Crippen LogP contribution in [-0.4, -0.2) is 33.7 Å². The molecule has 8 nitrogen and oxygen atoms in total. The van der Waals surface area contributed by atoms with Crippen LogP contribution in [0, 0.1) is 11.8 Å². The van der Waals surface area contributed by atoms with Gasteiger partial charge in [0.05, 0.1) is 31.0 Å². The minimum Gasteiger partial charge on any atom is -0.496 e. The van der Waals surface area contributed by atoms with Crippen molar-refractivity contribution in [2.45, 2.75) is 31.3 Å². The van der Waals surface area contributed by atoms with Crippen LogP contribution in [0.4, 0.5) is 11.9 Å². The lowest BCUT2D eigenvalue weighted by Gasteiger charge is -2.32. The topological polar surface area (TPSA) is 89.3 Å². The number of hydrogen-bond acceptors (Lipinski definition) is 6. The lowest BCUT2D eigenvalue weighted by atomic mass is 9.85. The molecule has 35 heavy (non-hydrogen) atoms. The first-order valence-corrected chi connectivity index (χ1v) is 12.1. The molecule has 0 unspecified atom stereocenters. The maximum absolute atomic E-state index is 13.2. The Balaban J connectivity index is 1.42. The van der Waals surface area contributed by atoms with Gasteiger partial charge in [0.1, 0.15) is 5.75 Å². The number of rotatable bonds is 4. The van der Waals surface area contributed by atoms with E-state index in [0.717, 1.165) is 16.9 Å². The summed E-state index contributed by atoms with van der Waals surface area (Å²) in [6.45, 7) is 0. The first-order chi connectivity index (χ1) is 17.0. The van der Waals surface area contributed by atoms with Gasteiger partial charge < -0.3 is 10.1 Å². The molecule has 0 spiro atoms. The molecule has 1 saturated heterocycles. The fraction of sp³-hybridized carbons (Fsp3) is 0.308. The summed E-state index contributed by atoms with van der Waals surface area (Å²) in [7, 11) is 1.64. The second-order valence-electron chi connectivity index (χ2n) is 9.09. The van der Waals surface area contributed by atoms with Crippen molar-refractivity contribution in [1.82, 2.24) is 14.8 Å². The van der Waals surface area contributed by atoms with Crippen LogP contribution in [0.1, 0.15) is 42.5 Å². The monoisotopic (exact) mass is 489 g/mol. The number of imide groups is 1. The normalized spacial score (nSPS) is 25.3. The first kappa shape index (κ1) is 21.9. The van der Waals surface area contributed by atoms with Crippen LogP contribution >= 0.6 is 11.6 Å². The third kappa shape index (κ3) is 3.60. The SMILES string of the molecule is COc1ccccc1[C@H]1C[C@@H](c2ccc(Cl)cc2)Nc2nc(N3C(=O)[C@H]4CC=CC[C@@H]4C3=O)nn21. The van der Waals surface area contributed by atoms with Crippen molar-refractivity contribution in [2.24, 2.45) is 11.8 Å². The van der Waals surface area contributed by atoms with E-state index in [1.807, 2.05) is 60.7 Å². The predicted octanol–water partition coefficient (Wildman–Crippen LogP) is 4.54. The minimum atomic E-state index is -0.340. The lowest BCUT2D eigenvalue weighted by Crippen LogP contribution is -2.32.